The Bertz CT molecular complexity index is 470. The van der Waals surface area contributed by atoms with Gasteiger partial charge in [-0.2, -0.15) is 0 Å². The number of nitrogens with two attached hydrogens (primary N) is 1. The first kappa shape index (κ1) is 15.5. The van der Waals surface area contributed by atoms with Gasteiger partial charge in [0.25, 0.3) is 0 Å². The predicted octanol–water partition coefficient (Wildman–Crippen LogP) is 0.863. The molecule has 1 fully saturated rings. The molecule has 6 nitrogen and oxygen atoms in total. The van der Waals surface area contributed by atoms with Crippen LogP contribution in [0.15, 0.2) is 30.3 Å². The van der Waals surface area contributed by atoms with E-state index in [-0.39, 0.29) is 12.6 Å². The van der Waals surface area contributed by atoms with E-state index in [1.165, 1.54) is 5.56 Å². The molecule has 1 heterocycles. The van der Waals surface area contributed by atoms with Crippen LogP contribution in [0.25, 0.3) is 0 Å². The third-order valence-corrected chi connectivity index (χ3v) is 3.53. The summed E-state index contributed by atoms with van der Waals surface area (Å²) < 4.78 is 4.50. The lowest BCUT2D eigenvalue weighted by Gasteiger charge is -2.32. The fraction of sp³-hybridized carbons (Fsp3) is 0.467. The van der Waals surface area contributed by atoms with Gasteiger partial charge in [-0.3, -0.25) is 9.69 Å². The summed E-state index contributed by atoms with van der Waals surface area (Å²) in [7, 11) is 0. The molecule has 1 saturated heterocycles. The van der Waals surface area contributed by atoms with Crippen molar-refractivity contribution in [2.24, 2.45) is 5.73 Å². The molecule has 6 heteroatoms. The Labute approximate surface area is 124 Å². The van der Waals surface area contributed by atoms with Crippen LogP contribution in [0.5, 0.6) is 0 Å². The number of piperidine rings is 1. The Kier molecular flexibility index (Phi) is 5.71. The zero-order chi connectivity index (χ0) is 15.1. The molecule has 114 valence electrons. The van der Waals surface area contributed by atoms with E-state index in [0.29, 0.717) is 0 Å². The molecule has 1 aromatic carbocycles. The van der Waals surface area contributed by atoms with Gasteiger partial charge in [0.1, 0.15) is 0 Å². The van der Waals surface area contributed by atoms with Crippen molar-refractivity contribution in [2.75, 3.05) is 19.6 Å². The molecule has 1 aromatic rings. The van der Waals surface area contributed by atoms with Gasteiger partial charge in [-0.05, 0) is 18.4 Å². The second kappa shape index (κ2) is 7.75. The zero-order valence-corrected chi connectivity index (χ0v) is 12.0. The van der Waals surface area contributed by atoms with E-state index in [2.05, 4.69) is 27.1 Å². The molecular formula is C15H21N3O3. The van der Waals surface area contributed by atoms with Gasteiger partial charge in [0.2, 0.25) is 0 Å². The van der Waals surface area contributed by atoms with Crippen LogP contribution in [0, 0.1) is 0 Å². The Morgan fingerprint density at radius 1 is 1.24 bits per heavy atom. The van der Waals surface area contributed by atoms with Gasteiger partial charge >= 0.3 is 12.1 Å². The molecular weight excluding hydrogens is 270 g/mol. The minimum absolute atomic E-state index is 0.0510. The van der Waals surface area contributed by atoms with Crippen molar-refractivity contribution in [1.82, 2.24) is 10.2 Å². The van der Waals surface area contributed by atoms with Crippen LogP contribution in [0.2, 0.25) is 0 Å². The number of nitrogens with one attached hydrogen (secondary N) is 1. The average Bonchev–Trinajstić information content (AvgIpc) is 2.50. The van der Waals surface area contributed by atoms with Gasteiger partial charge in [0.05, 0.1) is 6.54 Å². The number of rotatable bonds is 4. The molecule has 3 N–H and O–H groups in total. The Morgan fingerprint density at radius 2 is 1.90 bits per heavy atom. The molecule has 0 radical (unpaired) electrons. The van der Waals surface area contributed by atoms with E-state index in [9.17, 15) is 9.59 Å². The molecule has 0 saturated carbocycles. The summed E-state index contributed by atoms with van der Waals surface area (Å²) in [5.41, 5.74) is 6.37. The first-order valence-electron chi connectivity index (χ1n) is 7.15. The minimum atomic E-state index is -0.714. The summed E-state index contributed by atoms with van der Waals surface area (Å²) in [6.07, 6.45) is 0.990. The number of likely N-dealkylation sites (tertiary alicyclic amines) is 1. The highest BCUT2D eigenvalue weighted by Crippen LogP contribution is 2.13. The van der Waals surface area contributed by atoms with E-state index in [1.807, 2.05) is 18.2 Å². The molecule has 1 amide bonds. The predicted molar refractivity (Wildman–Crippen MR) is 78.4 cm³/mol. The number of hydrogen-bond donors (Lipinski definition) is 2. The van der Waals surface area contributed by atoms with Crippen molar-refractivity contribution in [3.63, 3.8) is 0 Å². The van der Waals surface area contributed by atoms with E-state index in [4.69, 9.17) is 5.73 Å². The number of esters is 1. The van der Waals surface area contributed by atoms with Crippen LogP contribution in [0.1, 0.15) is 18.4 Å². The van der Waals surface area contributed by atoms with E-state index in [1.54, 1.807) is 0 Å². The zero-order valence-electron chi connectivity index (χ0n) is 12.0. The summed E-state index contributed by atoms with van der Waals surface area (Å²) in [5, 5.41) is 2.70. The van der Waals surface area contributed by atoms with Gasteiger partial charge in [0.15, 0.2) is 0 Å². The Morgan fingerprint density at radius 3 is 2.52 bits per heavy atom. The summed E-state index contributed by atoms with van der Waals surface area (Å²) in [6.45, 7) is 2.45. The molecule has 0 aromatic heterocycles. The number of benzene rings is 1. The number of ether oxygens (including phenoxy) is 1. The van der Waals surface area contributed by atoms with Crippen molar-refractivity contribution in [3.05, 3.63) is 35.9 Å². The van der Waals surface area contributed by atoms with Crippen molar-refractivity contribution < 1.29 is 14.3 Å². The summed E-state index contributed by atoms with van der Waals surface area (Å²) >= 11 is 0. The summed E-state index contributed by atoms with van der Waals surface area (Å²) in [6, 6.07) is 10.4. The molecule has 0 atom stereocenters. The number of carbonyl (C=O) groups excluding carboxylic acids is 2. The second-order valence-corrected chi connectivity index (χ2v) is 5.15. The maximum absolute atomic E-state index is 11.4. The standard InChI is InChI=1S/C15H21N3O3/c16-10-14(19)21-15(20)17-13-6-8-18(9-7-13)11-12-4-2-1-3-5-12/h1-5,13H,6-11,16H2,(H,17,20). The lowest BCUT2D eigenvalue weighted by atomic mass is 10.0. The van der Waals surface area contributed by atoms with Crippen molar-refractivity contribution >= 4 is 12.1 Å². The minimum Gasteiger partial charge on any atom is -0.375 e. The first-order valence-corrected chi connectivity index (χ1v) is 7.15. The first-order chi connectivity index (χ1) is 10.2. The van der Waals surface area contributed by atoms with Crippen LogP contribution < -0.4 is 11.1 Å². The maximum Gasteiger partial charge on any atom is 0.415 e. The fourth-order valence-corrected chi connectivity index (χ4v) is 2.42. The highest BCUT2D eigenvalue weighted by atomic mass is 16.6. The number of amides is 1. The van der Waals surface area contributed by atoms with Crippen LogP contribution in [0.3, 0.4) is 0 Å². The van der Waals surface area contributed by atoms with Crippen molar-refractivity contribution in [3.8, 4) is 0 Å². The monoisotopic (exact) mass is 291 g/mol. The van der Waals surface area contributed by atoms with Crippen molar-refractivity contribution in [2.45, 2.75) is 25.4 Å². The van der Waals surface area contributed by atoms with Gasteiger partial charge in [-0.1, -0.05) is 30.3 Å². The van der Waals surface area contributed by atoms with Gasteiger partial charge in [-0.25, -0.2) is 4.79 Å². The van der Waals surface area contributed by atoms with Gasteiger partial charge < -0.3 is 15.8 Å². The molecule has 0 spiro atoms. The quantitative estimate of drug-likeness (QED) is 0.635. The third-order valence-electron chi connectivity index (χ3n) is 3.53. The SMILES string of the molecule is NCC(=O)OC(=O)NC1CCN(Cc2ccccc2)CC1. The lowest BCUT2D eigenvalue weighted by Crippen LogP contribution is -2.45. The van der Waals surface area contributed by atoms with E-state index in [0.717, 1.165) is 32.5 Å². The maximum atomic E-state index is 11.4. The molecule has 0 unspecified atom stereocenters. The molecule has 0 bridgehead atoms. The van der Waals surface area contributed by atoms with E-state index < -0.39 is 12.1 Å². The summed E-state index contributed by atoms with van der Waals surface area (Å²) in [5.74, 6) is -0.714. The molecule has 21 heavy (non-hydrogen) atoms. The number of carbonyl (C=O) groups is 2. The lowest BCUT2D eigenvalue weighted by molar-refractivity contribution is -0.135. The second-order valence-electron chi connectivity index (χ2n) is 5.15. The number of nitrogens with zero attached hydrogens (tertiary/aromatic N) is 1. The normalized spacial score (nSPS) is 16.4. The molecule has 1 aliphatic heterocycles. The largest absolute Gasteiger partial charge is 0.415 e. The van der Waals surface area contributed by atoms with Crippen LogP contribution in [-0.2, 0) is 16.1 Å². The molecule has 1 aliphatic rings. The van der Waals surface area contributed by atoms with Crippen molar-refractivity contribution in [1.29, 1.82) is 0 Å². The average molecular weight is 291 g/mol. The number of hydrogen-bond acceptors (Lipinski definition) is 5. The Balaban J connectivity index is 1.71. The topological polar surface area (TPSA) is 84.7 Å². The van der Waals surface area contributed by atoms with E-state index >= 15 is 0 Å². The fourth-order valence-electron chi connectivity index (χ4n) is 2.42. The highest BCUT2D eigenvalue weighted by molar-refractivity contribution is 5.85. The number of alkyl carbamates (subject to hydrolysis) is 1. The Hall–Kier alpha value is -1.92. The van der Waals surface area contributed by atoms with Crippen LogP contribution in [-0.4, -0.2) is 42.6 Å². The summed E-state index contributed by atoms with van der Waals surface area (Å²) in [4.78, 5) is 24.7. The molecule has 2 rings (SSSR count). The van der Waals surface area contributed by atoms with Crippen LogP contribution >= 0.6 is 0 Å². The van der Waals surface area contributed by atoms with Crippen LogP contribution in [0.4, 0.5) is 4.79 Å². The van der Waals surface area contributed by atoms with Gasteiger partial charge in [0, 0.05) is 25.7 Å². The van der Waals surface area contributed by atoms with Gasteiger partial charge in [-0.15, -0.1) is 0 Å². The highest BCUT2D eigenvalue weighted by Gasteiger charge is 2.21. The molecule has 0 aliphatic carbocycles. The smallest absolute Gasteiger partial charge is 0.375 e. The third kappa shape index (κ3) is 5.17.